The molecule has 4 heteroatoms. The lowest BCUT2D eigenvalue weighted by Gasteiger charge is -2.63. The van der Waals surface area contributed by atoms with Crippen LogP contribution in [-0.4, -0.2) is 40.8 Å². The van der Waals surface area contributed by atoms with E-state index in [1.807, 2.05) is 12.1 Å². The molecule has 2 heterocycles. The van der Waals surface area contributed by atoms with Crippen molar-refractivity contribution in [1.82, 2.24) is 4.90 Å². The lowest BCUT2D eigenvalue weighted by atomic mass is 9.49. The second-order valence-electron chi connectivity index (χ2n) is 8.81. The first-order chi connectivity index (χ1) is 11.6. The van der Waals surface area contributed by atoms with Gasteiger partial charge < -0.3 is 15.6 Å². The van der Waals surface area contributed by atoms with Crippen molar-refractivity contribution in [3.63, 3.8) is 0 Å². The standard InChI is InChI=1S/C20H26N2O2/c21-14-5-6-15-18-13(14)10-16-20(23)7-1-2-17(24-15)19(18,20)8-9-22(16)11-12-3-4-12/h5-6,12,16-17,23H,1-4,7-11,21H2/t16-,17+,19-,20-/m1/s1. The molecule has 0 amide bonds. The molecule has 1 aromatic rings. The fourth-order valence-corrected chi connectivity index (χ4v) is 6.53. The minimum atomic E-state index is -0.644. The first kappa shape index (κ1) is 14.0. The Hall–Kier alpha value is -1.26. The van der Waals surface area contributed by atoms with Crippen LogP contribution in [0.25, 0.3) is 0 Å². The van der Waals surface area contributed by atoms with E-state index in [4.69, 9.17) is 10.5 Å². The maximum Gasteiger partial charge on any atom is 0.124 e. The highest BCUT2D eigenvalue weighted by molar-refractivity contribution is 5.65. The SMILES string of the molecule is Nc1ccc2c3c1C[C@H]1N(CC4CC4)CC[C@@]34[C@H](CCC[C@@]14O)O2. The van der Waals surface area contributed by atoms with E-state index in [2.05, 4.69) is 4.90 Å². The molecule has 6 rings (SSSR count). The van der Waals surface area contributed by atoms with Gasteiger partial charge in [0.15, 0.2) is 0 Å². The predicted octanol–water partition coefficient (Wildman–Crippen LogP) is 2.22. The Kier molecular flexibility index (Phi) is 2.49. The minimum Gasteiger partial charge on any atom is -0.489 e. The summed E-state index contributed by atoms with van der Waals surface area (Å²) >= 11 is 0. The van der Waals surface area contributed by atoms with E-state index in [1.54, 1.807) is 0 Å². The lowest BCUT2D eigenvalue weighted by molar-refractivity contribution is -0.185. The molecular weight excluding hydrogens is 300 g/mol. The Bertz CT molecular complexity index is 731. The topological polar surface area (TPSA) is 58.7 Å². The molecule has 2 saturated carbocycles. The fraction of sp³-hybridized carbons (Fsp3) is 0.700. The highest BCUT2D eigenvalue weighted by Gasteiger charge is 2.70. The number of piperidine rings is 1. The third-order valence-corrected chi connectivity index (χ3v) is 7.75. The number of likely N-dealkylation sites (tertiary alicyclic amines) is 1. The minimum absolute atomic E-state index is 0.137. The molecule has 1 saturated heterocycles. The van der Waals surface area contributed by atoms with Gasteiger partial charge in [-0.2, -0.15) is 0 Å². The quantitative estimate of drug-likeness (QED) is 0.818. The van der Waals surface area contributed by atoms with Crippen molar-refractivity contribution in [2.45, 2.75) is 68.1 Å². The summed E-state index contributed by atoms with van der Waals surface area (Å²) in [5.74, 6) is 1.85. The van der Waals surface area contributed by atoms with Crippen LogP contribution in [-0.2, 0) is 11.8 Å². The maximum atomic E-state index is 12.0. The number of anilines is 1. The second-order valence-corrected chi connectivity index (χ2v) is 8.81. The summed E-state index contributed by atoms with van der Waals surface area (Å²) in [6.07, 6.45) is 7.80. The van der Waals surface area contributed by atoms with Crippen LogP contribution in [0.3, 0.4) is 0 Å². The third-order valence-electron chi connectivity index (χ3n) is 7.75. The number of hydrogen-bond acceptors (Lipinski definition) is 4. The van der Waals surface area contributed by atoms with Gasteiger partial charge >= 0.3 is 0 Å². The van der Waals surface area contributed by atoms with Gasteiger partial charge in [0.05, 0.1) is 11.0 Å². The average Bonchev–Trinajstić information content (AvgIpc) is 3.30. The summed E-state index contributed by atoms with van der Waals surface area (Å²) in [5, 5.41) is 12.0. The molecule has 2 aliphatic heterocycles. The Labute approximate surface area is 143 Å². The van der Waals surface area contributed by atoms with Crippen LogP contribution < -0.4 is 10.5 Å². The van der Waals surface area contributed by atoms with E-state index in [0.29, 0.717) is 0 Å². The molecule has 24 heavy (non-hydrogen) atoms. The van der Waals surface area contributed by atoms with Gasteiger partial charge in [-0.25, -0.2) is 0 Å². The highest BCUT2D eigenvalue weighted by atomic mass is 16.5. The summed E-state index contributed by atoms with van der Waals surface area (Å²) in [6.45, 7) is 2.25. The molecule has 128 valence electrons. The zero-order valence-electron chi connectivity index (χ0n) is 14.1. The van der Waals surface area contributed by atoms with Crippen LogP contribution >= 0.6 is 0 Å². The molecule has 4 nitrogen and oxygen atoms in total. The molecule has 4 atom stereocenters. The lowest BCUT2D eigenvalue weighted by Crippen LogP contribution is -2.75. The second kappa shape index (κ2) is 4.28. The molecule has 1 spiro atoms. The predicted molar refractivity (Wildman–Crippen MR) is 92.2 cm³/mol. The van der Waals surface area contributed by atoms with E-state index in [9.17, 15) is 5.11 Å². The largest absolute Gasteiger partial charge is 0.489 e. The molecule has 0 aromatic heterocycles. The smallest absolute Gasteiger partial charge is 0.124 e. The van der Waals surface area contributed by atoms with Gasteiger partial charge in [0, 0.05) is 23.8 Å². The zero-order valence-corrected chi connectivity index (χ0v) is 14.1. The van der Waals surface area contributed by atoms with Crippen molar-refractivity contribution in [1.29, 1.82) is 0 Å². The molecule has 0 radical (unpaired) electrons. The number of nitrogens with zero attached hydrogens (tertiary/aromatic N) is 1. The molecule has 0 unspecified atom stereocenters. The van der Waals surface area contributed by atoms with Gasteiger partial charge in [0.2, 0.25) is 0 Å². The zero-order chi connectivity index (χ0) is 16.1. The Balaban J connectivity index is 1.57. The first-order valence-electron chi connectivity index (χ1n) is 9.68. The maximum absolute atomic E-state index is 12.0. The van der Waals surface area contributed by atoms with Crippen molar-refractivity contribution in [2.24, 2.45) is 5.92 Å². The van der Waals surface area contributed by atoms with Crippen LogP contribution in [0.15, 0.2) is 12.1 Å². The van der Waals surface area contributed by atoms with Crippen LogP contribution in [0.2, 0.25) is 0 Å². The van der Waals surface area contributed by atoms with Crippen molar-refractivity contribution in [2.75, 3.05) is 18.8 Å². The van der Waals surface area contributed by atoms with Gasteiger partial charge in [-0.05, 0) is 75.1 Å². The Morgan fingerprint density at radius 2 is 2.12 bits per heavy atom. The van der Waals surface area contributed by atoms with E-state index in [-0.39, 0.29) is 17.6 Å². The first-order valence-corrected chi connectivity index (χ1v) is 9.68. The third kappa shape index (κ3) is 1.45. The normalized spacial score (nSPS) is 42.5. The van der Waals surface area contributed by atoms with Crippen LogP contribution in [0, 0.1) is 5.92 Å². The van der Waals surface area contributed by atoms with Gasteiger partial charge in [0.25, 0.3) is 0 Å². The van der Waals surface area contributed by atoms with E-state index < -0.39 is 5.60 Å². The summed E-state index contributed by atoms with van der Waals surface area (Å²) in [6, 6.07) is 4.26. The van der Waals surface area contributed by atoms with Crippen molar-refractivity contribution in [3.05, 3.63) is 23.3 Å². The summed E-state index contributed by atoms with van der Waals surface area (Å²) in [5.41, 5.74) is 8.98. The number of aliphatic hydroxyl groups is 1. The average molecular weight is 326 g/mol. The summed E-state index contributed by atoms with van der Waals surface area (Å²) in [4.78, 5) is 2.60. The van der Waals surface area contributed by atoms with E-state index in [1.165, 1.54) is 24.0 Å². The van der Waals surface area contributed by atoms with Gasteiger partial charge in [0.1, 0.15) is 11.9 Å². The molecule has 3 aliphatic carbocycles. The van der Waals surface area contributed by atoms with Gasteiger partial charge in [-0.3, -0.25) is 4.90 Å². The highest BCUT2D eigenvalue weighted by Crippen LogP contribution is 2.64. The van der Waals surface area contributed by atoms with Crippen LogP contribution in [0.4, 0.5) is 5.69 Å². The van der Waals surface area contributed by atoms with Crippen molar-refractivity contribution >= 4 is 5.69 Å². The van der Waals surface area contributed by atoms with E-state index >= 15 is 0 Å². The number of rotatable bonds is 2. The summed E-state index contributed by atoms with van der Waals surface area (Å²) < 4.78 is 6.39. The number of ether oxygens (including phenoxy) is 1. The van der Waals surface area contributed by atoms with Gasteiger partial charge in [-0.1, -0.05) is 0 Å². The number of benzene rings is 1. The van der Waals surface area contributed by atoms with E-state index in [0.717, 1.165) is 62.5 Å². The van der Waals surface area contributed by atoms with Crippen LogP contribution in [0.1, 0.15) is 49.7 Å². The summed E-state index contributed by atoms with van der Waals surface area (Å²) in [7, 11) is 0. The number of hydrogen-bond donors (Lipinski definition) is 2. The Morgan fingerprint density at radius 3 is 2.96 bits per heavy atom. The number of nitrogens with two attached hydrogens (primary N) is 1. The molecular formula is C20H26N2O2. The molecule has 1 aromatic carbocycles. The molecule has 3 fully saturated rings. The Morgan fingerprint density at radius 1 is 1.25 bits per heavy atom. The number of nitrogen functional groups attached to an aromatic ring is 1. The monoisotopic (exact) mass is 326 g/mol. The van der Waals surface area contributed by atoms with Crippen molar-refractivity contribution < 1.29 is 9.84 Å². The molecule has 3 N–H and O–H groups in total. The van der Waals surface area contributed by atoms with Gasteiger partial charge in [-0.15, -0.1) is 0 Å². The van der Waals surface area contributed by atoms with Crippen molar-refractivity contribution in [3.8, 4) is 5.75 Å². The fourth-order valence-electron chi connectivity index (χ4n) is 6.53. The van der Waals surface area contributed by atoms with Crippen LogP contribution in [0.5, 0.6) is 5.75 Å². The molecule has 5 aliphatic rings. The molecule has 2 bridgehead atoms.